The number of nitrogens with one attached hydrogen (secondary N) is 1. The van der Waals surface area contributed by atoms with Gasteiger partial charge in [0.05, 0.1) is 18.5 Å². The minimum atomic E-state index is 0.618. The Morgan fingerprint density at radius 2 is 2.11 bits per heavy atom. The second kappa shape index (κ2) is 5.82. The lowest BCUT2D eigenvalue weighted by atomic mass is 10.3. The number of hydrogen-bond donors (Lipinski definition) is 1. The molecule has 2 heterocycles. The zero-order valence-corrected chi connectivity index (χ0v) is 11.9. The van der Waals surface area contributed by atoms with Crippen molar-refractivity contribution in [3.8, 4) is 5.88 Å². The highest BCUT2D eigenvalue weighted by Gasteiger charge is 2.00. The number of pyridine rings is 2. The number of aromatic nitrogens is 2. The second-order valence-corrected chi connectivity index (χ2v) is 4.62. The highest BCUT2D eigenvalue weighted by molar-refractivity contribution is 9.10. The van der Waals surface area contributed by atoms with Crippen molar-refractivity contribution >= 4 is 27.4 Å². The highest BCUT2D eigenvalue weighted by atomic mass is 79.9. The lowest BCUT2D eigenvalue weighted by molar-refractivity contribution is 0.327. The Morgan fingerprint density at radius 3 is 2.72 bits per heavy atom. The first-order valence-corrected chi connectivity index (χ1v) is 6.46. The van der Waals surface area contributed by atoms with Gasteiger partial charge < -0.3 is 10.1 Å². The van der Waals surface area contributed by atoms with E-state index in [1.807, 2.05) is 32.0 Å². The van der Waals surface area contributed by atoms with Crippen LogP contribution in [-0.2, 0) is 0 Å². The van der Waals surface area contributed by atoms with Crippen molar-refractivity contribution in [1.29, 1.82) is 0 Å². The van der Waals surface area contributed by atoms with E-state index in [0.29, 0.717) is 12.5 Å². The van der Waals surface area contributed by atoms with Crippen molar-refractivity contribution in [1.82, 2.24) is 9.97 Å². The van der Waals surface area contributed by atoms with Gasteiger partial charge in [-0.25, -0.2) is 9.97 Å². The van der Waals surface area contributed by atoms with E-state index in [9.17, 15) is 0 Å². The van der Waals surface area contributed by atoms with Gasteiger partial charge in [0.2, 0.25) is 5.88 Å². The molecular weight excluding hydrogens is 294 g/mol. The molecule has 1 N–H and O–H groups in total. The summed E-state index contributed by atoms with van der Waals surface area (Å²) in [5.41, 5.74) is 2.01. The molecule has 2 aromatic heterocycles. The van der Waals surface area contributed by atoms with Crippen LogP contribution in [0.15, 0.2) is 35.1 Å². The first-order valence-electron chi connectivity index (χ1n) is 5.67. The van der Waals surface area contributed by atoms with E-state index in [0.717, 1.165) is 21.5 Å². The molecule has 0 amide bonds. The van der Waals surface area contributed by atoms with E-state index in [4.69, 9.17) is 4.74 Å². The van der Waals surface area contributed by atoms with Gasteiger partial charge in [-0.15, -0.1) is 0 Å². The minimum absolute atomic E-state index is 0.618. The number of rotatable bonds is 4. The molecule has 0 aromatic carbocycles. The van der Waals surface area contributed by atoms with Crippen LogP contribution in [0.1, 0.15) is 12.5 Å². The largest absolute Gasteiger partial charge is 0.478 e. The summed E-state index contributed by atoms with van der Waals surface area (Å²) in [6.45, 7) is 4.57. The Labute approximate surface area is 115 Å². The van der Waals surface area contributed by atoms with Crippen LogP contribution in [0.3, 0.4) is 0 Å². The standard InChI is InChI=1S/C13H14BrN3O/c1-3-18-13-5-4-10(7-16-13)17-12-6-9(2)11(14)8-15-12/h4-8H,3H2,1-2H3,(H,15,17). The van der Waals surface area contributed by atoms with Gasteiger partial charge in [-0.05, 0) is 47.5 Å². The summed E-state index contributed by atoms with van der Waals surface area (Å²) in [5.74, 6) is 1.42. The number of nitrogens with zero attached hydrogens (tertiary/aromatic N) is 2. The summed E-state index contributed by atoms with van der Waals surface area (Å²) in [6.07, 6.45) is 3.50. The summed E-state index contributed by atoms with van der Waals surface area (Å²) in [5, 5.41) is 3.19. The first kappa shape index (κ1) is 12.8. The third kappa shape index (κ3) is 3.20. The molecule has 4 nitrogen and oxygen atoms in total. The van der Waals surface area contributed by atoms with Gasteiger partial charge in [-0.2, -0.15) is 0 Å². The smallest absolute Gasteiger partial charge is 0.213 e. The molecule has 94 valence electrons. The van der Waals surface area contributed by atoms with Gasteiger partial charge >= 0.3 is 0 Å². The molecule has 2 rings (SSSR count). The van der Waals surface area contributed by atoms with E-state index >= 15 is 0 Å². The zero-order chi connectivity index (χ0) is 13.0. The number of hydrogen-bond acceptors (Lipinski definition) is 4. The summed E-state index contributed by atoms with van der Waals surface area (Å²) in [6, 6.07) is 5.72. The van der Waals surface area contributed by atoms with Crippen LogP contribution in [-0.4, -0.2) is 16.6 Å². The Morgan fingerprint density at radius 1 is 1.28 bits per heavy atom. The van der Waals surface area contributed by atoms with Crippen LogP contribution in [0, 0.1) is 6.92 Å². The quantitative estimate of drug-likeness (QED) is 0.936. The number of ether oxygens (including phenoxy) is 1. The van der Waals surface area contributed by atoms with Crippen molar-refractivity contribution in [3.05, 3.63) is 40.6 Å². The topological polar surface area (TPSA) is 47.0 Å². The molecule has 0 radical (unpaired) electrons. The number of halogens is 1. The van der Waals surface area contributed by atoms with Gasteiger partial charge in [-0.3, -0.25) is 0 Å². The summed E-state index contributed by atoms with van der Waals surface area (Å²) in [4.78, 5) is 8.46. The molecule has 0 fully saturated rings. The fourth-order valence-electron chi connectivity index (χ4n) is 1.44. The average Bonchev–Trinajstić information content (AvgIpc) is 2.37. The van der Waals surface area contributed by atoms with Crippen molar-refractivity contribution < 1.29 is 4.74 Å². The number of anilines is 2. The molecule has 0 spiro atoms. The minimum Gasteiger partial charge on any atom is -0.478 e. The maximum Gasteiger partial charge on any atom is 0.213 e. The van der Waals surface area contributed by atoms with Crippen LogP contribution in [0.4, 0.5) is 11.5 Å². The zero-order valence-electron chi connectivity index (χ0n) is 10.3. The molecule has 0 saturated heterocycles. The van der Waals surface area contributed by atoms with Gasteiger partial charge in [0.15, 0.2) is 0 Å². The molecule has 5 heteroatoms. The molecule has 0 unspecified atom stereocenters. The lowest BCUT2D eigenvalue weighted by Gasteiger charge is -2.07. The Bertz CT molecular complexity index is 528. The van der Waals surface area contributed by atoms with Crippen molar-refractivity contribution in [2.75, 3.05) is 11.9 Å². The summed E-state index contributed by atoms with van der Waals surface area (Å²) < 4.78 is 6.28. The highest BCUT2D eigenvalue weighted by Crippen LogP contribution is 2.20. The molecule has 0 aliphatic heterocycles. The van der Waals surface area contributed by atoms with Crippen LogP contribution >= 0.6 is 15.9 Å². The van der Waals surface area contributed by atoms with Crippen LogP contribution in [0.2, 0.25) is 0 Å². The van der Waals surface area contributed by atoms with Gasteiger partial charge in [0, 0.05) is 16.7 Å². The molecule has 18 heavy (non-hydrogen) atoms. The van der Waals surface area contributed by atoms with Gasteiger partial charge in [-0.1, -0.05) is 0 Å². The third-order valence-corrected chi connectivity index (χ3v) is 3.18. The Hall–Kier alpha value is -1.62. The van der Waals surface area contributed by atoms with Crippen molar-refractivity contribution in [3.63, 3.8) is 0 Å². The fourth-order valence-corrected chi connectivity index (χ4v) is 1.66. The van der Waals surface area contributed by atoms with E-state index in [-0.39, 0.29) is 0 Å². The van der Waals surface area contributed by atoms with E-state index in [1.165, 1.54) is 0 Å². The molecule has 0 aliphatic carbocycles. The van der Waals surface area contributed by atoms with Gasteiger partial charge in [0.1, 0.15) is 5.82 Å². The average molecular weight is 308 g/mol. The van der Waals surface area contributed by atoms with Crippen molar-refractivity contribution in [2.45, 2.75) is 13.8 Å². The lowest BCUT2D eigenvalue weighted by Crippen LogP contribution is -1.97. The summed E-state index contributed by atoms with van der Waals surface area (Å²) in [7, 11) is 0. The van der Waals surface area contributed by atoms with Crippen LogP contribution in [0.5, 0.6) is 5.88 Å². The fraction of sp³-hybridized carbons (Fsp3) is 0.231. The summed E-state index contributed by atoms with van der Waals surface area (Å²) >= 11 is 3.42. The van der Waals surface area contributed by atoms with Crippen molar-refractivity contribution in [2.24, 2.45) is 0 Å². The molecule has 0 atom stereocenters. The number of aryl methyl sites for hydroxylation is 1. The van der Waals surface area contributed by atoms with E-state index in [2.05, 4.69) is 31.2 Å². The first-order chi connectivity index (χ1) is 8.69. The monoisotopic (exact) mass is 307 g/mol. The predicted octanol–water partition coefficient (Wildman–Crippen LogP) is 3.69. The Balaban J connectivity index is 2.10. The normalized spacial score (nSPS) is 10.2. The van der Waals surface area contributed by atoms with Gasteiger partial charge in [0.25, 0.3) is 0 Å². The van der Waals surface area contributed by atoms with E-state index in [1.54, 1.807) is 12.4 Å². The van der Waals surface area contributed by atoms with Crippen LogP contribution < -0.4 is 10.1 Å². The third-order valence-electron chi connectivity index (χ3n) is 2.35. The molecule has 0 aliphatic rings. The maximum absolute atomic E-state index is 5.29. The Kier molecular flexibility index (Phi) is 4.15. The molecule has 0 saturated carbocycles. The SMILES string of the molecule is CCOc1ccc(Nc2cc(C)c(Br)cn2)cn1. The van der Waals surface area contributed by atoms with Crippen LogP contribution in [0.25, 0.3) is 0 Å². The maximum atomic E-state index is 5.29. The second-order valence-electron chi connectivity index (χ2n) is 3.76. The molecule has 0 bridgehead atoms. The van der Waals surface area contributed by atoms with E-state index < -0.39 is 0 Å². The molecule has 2 aromatic rings. The predicted molar refractivity (Wildman–Crippen MR) is 75.4 cm³/mol. The molecular formula is C13H14BrN3O.